The fourth-order valence-corrected chi connectivity index (χ4v) is 2.64. The highest BCUT2D eigenvalue weighted by Gasteiger charge is 2.16. The highest BCUT2D eigenvalue weighted by atomic mass is 32.1. The van der Waals surface area contributed by atoms with E-state index in [0.29, 0.717) is 22.9 Å². The molecule has 0 fully saturated rings. The molecule has 0 spiro atoms. The summed E-state index contributed by atoms with van der Waals surface area (Å²) in [4.78, 5) is 13.1. The standard InChI is InChI=1S/C14H14N4O3S/c1-18-8-10(14(16-18)20-2)13(19)15-7-9-6-11(21-17-9)12-4-3-5-22-12/h3-6,8H,7H2,1-2H3,(H,15,19). The SMILES string of the molecule is COc1nn(C)cc1C(=O)NCc1cc(-c2cccs2)on1. The second-order valence-electron chi connectivity index (χ2n) is 4.57. The molecule has 7 nitrogen and oxygen atoms in total. The molecule has 0 aromatic carbocycles. The summed E-state index contributed by atoms with van der Waals surface area (Å²) < 4.78 is 11.9. The molecule has 0 saturated carbocycles. The summed E-state index contributed by atoms with van der Waals surface area (Å²) in [7, 11) is 3.20. The molecular formula is C14H14N4O3S. The molecule has 1 N–H and O–H groups in total. The van der Waals surface area contributed by atoms with Gasteiger partial charge in [0.2, 0.25) is 5.88 Å². The van der Waals surface area contributed by atoms with Gasteiger partial charge < -0.3 is 14.6 Å². The number of hydrogen-bond acceptors (Lipinski definition) is 6. The number of nitrogens with one attached hydrogen (secondary N) is 1. The number of thiophene rings is 1. The minimum absolute atomic E-state index is 0.270. The van der Waals surface area contributed by atoms with E-state index in [2.05, 4.69) is 15.6 Å². The van der Waals surface area contributed by atoms with Crippen LogP contribution in [0.1, 0.15) is 16.1 Å². The Balaban J connectivity index is 1.66. The van der Waals surface area contributed by atoms with Crippen LogP contribution in [0.2, 0.25) is 0 Å². The van der Waals surface area contributed by atoms with Gasteiger partial charge in [-0.05, 0) is 11.4 Å². The lowest BCUT2D eigenvalue weighted by Gasteiger charge is -2.01. The number of aryl methyl sites for hydroxylation is 1. The van der Waals surface area contributed by atoms with Crippen LogP contribution in [0.25, 0.3) is 10.6 Å². The van der Waals surface area contributed by atoms with Gasteiger partial charge in [0.05, 0.1) is 18.5 Å². The average Bonchev–Trinajstić information content (AvgIpc) is 3.24. The second-order valence-corrected chi connectivity index (χ2v) is 5.52. The third kappa shape index (κ3) is 2.86. The number of ether oxygens (including phenoxy) is 1. The number of nitrogens with zero attached hydrogens (tertiary/aromatic N) is 3. The molecule has 3 aromatic heterocycles. The van der Waals surface area contributed by atoms with E-state index in [1.165, 1.54) is 11.8 Å². The largest absolute Gasteiger partial charge is 0.479 e. The zero-order chi connectivity index (χ0) is 15.5. The van der Waals surface area contributed by atoms with E-state index in [0.717, 1.165) is 4.88 Å². The normalized spacial score (nSPS) is 10.6. The molecule has 0 radical (unpaired) electrons. The number of methoxy groups -OCH3 is 1. The van der Waals surface area contributed by atoms with E-state index >= 15 is 0 Å². The molecule has 1 amide bonds. The van der Waals surface area contributed by atoms with E-state index in [9.17, 15) is 4.79 Å². The molecule has 3 heterocycles. The van der Waals surface area contributed by atoms with Crippen LogP contribution < -0.4 is 10.1 Å². The maximum absolute atomic E-state index is 12.1. The second kappa shape index (κ2) is 6.02. The van der Waals surface area contributed by atoms with E-state index in [-0.39, 0.29) is 12.5 Å². The first-order valence-electron chi connectivity index (χ1n) is 6.52. The number of aromatic nitrogens is 3. The molecule has 114 valence electrons. The van der Waals surface area contributed by atoms with Crippen molar-refractivity contribution in [1.82, 2.24) is 20.3 Å². The minimum atomic E-state index is -0.273. The van der Waals surface area contributed by atoms with Gasteiger partial charge >= 0.3 is 0 Å². The Labute approximate surface area is 130 Å². The van der Waals surface area contributed by atoms with E-state index in [1.807, 2.05) is 23.6 Å². The number of amides is 1. The van der Waals surface area contributed by atoms with Gasteiger partial charge in [-0.15, -0.1) is 16.4 Å². The predicted molar refractivity (Wildman–Crippen MR) is 80.7 cm³/mol. The molecule has 0 bridgehead atoms. The first-order chi connectivity index (χ1) is 10.7. The predicted octanol–water partition coefficient (Wildman–Crippen LogP) is 2.08. The highest BCUT2D eigenvalue weighted by Crippen LogP contribution is 2.25. The number of carbonyl (C=O) groups excluding carboxylic acids is 1. The van der Waals surface area contributed by atoms with Crippen molar-refractivity contribution < 1.29 is 14.1 Å². The van der Waals surface area contributed by atoms with Crippen LogP contribution in [0.3, 0.4) is 0 Å². The molecule has 0 atom stereocenters. The van der Waals surface area contributed by atoms with Crippen LogP contribution in [-0.4, -0.2) is 28.0 Å². The number of rotatable bonds is 5. The molecular weight excluding hydrogens is 304 g/mol. The van der Waals surface area contributed by atoms with Gasteiger partial charge in [-0.2, -0.15) is 0 Å². The Hall–Kier alpha value is -2.61. The quantitative estimate of drug-likeness (QED) is 0.779. The maximum Gasteiger partial charge on any atom is 0.258 e. The first kappa shape index (κ1) is 14.3. The van der Waals surface area contributed by atoms with Crippen molar-refractivity contribution in [3.63, 3.8) is 0 Å². The van der Waals surface area contributed by atoms with Crippen LogP contribution in [0.5, 0.6) is 5.88 Å². The summed E-state index contributed by atoms with van der Waals surface area (Å²) in [5.74, 6) is 0.711. The van der Waals surface area contributed by atoms with Crippen molar-refractivity contribution in [2.24, 2.45) is 7.05 Å². The van der Waals surface area contributed by atoms with Crippen LogP contribution in [0.4, 0.5) is 0 Å². The fourth-order valence-electron chi connectivity index (χ4n) is 1.97. The molecule has 3 rings (SSSR count). The molecule has 0 aliphatic rings. The van der Waals surface area contributed by atoms with Crippen LogP contribution in [-0.2, 0) is 13.6 Å². The number of carbonyl (C=O) groups is 1. The monoisotopic (exact) mass is 318 g/mol. The van der Waals surface area contributed by atoms with Gasteiger partial charge in [-0.3, -0.25) is 9.48 Å². The Kier molecular flexibility index (Phi) is 3.92. The van der Waals surface area contributed by atoms with E-state index in [4.69, 9.17) is 9.26 Å². The zero-order valence-corrected chi connectivity index (χ0v) is 12.9. The summed E-state index contributed by atoms with van der Waals surface area (Å²) in [6.07, 6.45) is 1.61. The van der Waals surface area contributed by atoms with Gasteiger partial charge in [0.1, 0.15) is 11.3 Å². The summed E-state index contributed by atoms with van der Waals surface area (Å²) in [5.41, 5.74) is 1.03. The third-order valence-electron chi connectivity index (χ3n) is 2.99. The maximum atomic E-state index is 12.1. The Morgan fingerprint density at radius 3 is 3.14 bits per heavy atom. The Bertz CT molecular complexity index is 776. The topological polar surface area (TPSA) is 82.2 Å². The molecule has 0 saturated heterocycles. The molecule has 0 unspecified atom stereocenters. The lowest BCUT2D eigenvalue weighted by Crippen LogP contribution is -2.23. The van der Waals surface area contributed by atoms with Crippen molar-refractivity contribution in [3.05, 3.63) is 41.0 Å². The van der Waals surface area contributed by atoms with Crippen molar-refractivity contribution in [1.29, 1.82) is 0 Å². The van der Waals surface area contributed by atoms with Crippen molar-refractivity contribution in [3.8, 4) is 16.5 Å². The van der Waals surface area contributed by atoms with Crippen LogP contribution in [0.15, 0.2) is 34.3 Å². The fraction of sp³-hybridized carbons (Fsp3) is 0.214. The summed E-state index contributed by atoms with van der Waals surface area (Å²) in [6.45, 7) is 0.270. The Morgan fingerprint density at radius 1 is 1.55 bits per heavy atom. The van der Waals surface area contributed by atoms with Gasteiger partial charge in [-0.1, -0.05) is 11.2 Å². The lowest BCUT2D eigenvalue weighted by atomic mass is 10.3. The van der Waals surface area contributed by atoms with Crippen molar-refractivity contribution >= 4 is 17.2 Å². The van der Waals surface area contributed by atoms with E-state index in [1.54, 1.807) is 24.6 Å². The summed E-state index contributed by atoms with van der Waals surface area (Å²) >= 11 is 1.57. The number of hydrogen-bond donors (Lipinski definition) is 1. The minimum Gasteiger partial charge on any atom is -0.479 e. The van der Waals surface area contributed by atoms with E-state index < -0.39 is 0 Å². The third-order valence-corrected chi connectivity index (χ3v) is 3.87. The molecule has 3 aromatic rings. The van der Waals surface area contributed by atoms with Crippen LogP contribution in [0, 0.1) is 0 Å². The van der Waals surface area contributed by atoms with Gasteiger partial charge in [0, 0.05) is 19.3 Å². The lowest BCUT2D eigenvalue weighted by molar-refractivity contribution is 0.0947. The molecule has 0 aliphatic carbocycles. The highest BCUT2D eigenvalue weighted by molar-refractivity contribution is 7.13. The van der Waals surface area contributed by atoms with Crippen LogP contribution >= 0.6 is 11.3 Å². The summed E-state index contributed by atoms with van der Waals surface area (Å²) in [6, 6.07) is 5.71. The average molecular weight is 318 g/mol. The Morgan fingerprint density at radius 2 is 2.41 bits per heavy atom. The molecule has 0 aliphatic heterocycles. The molecule has 22 heavy (non-hydrogen) atoms. The molecule has 8 heteroatoms. The van der Waals surface area contributed by atoms with Crippen molar-refractivity contribution in [2.75, 3.05) is 7.11 Å². The van der Waals surface area contributed by atoms with Gasteiger partial charge in [0.25, 0.3) is 5.91 Å². The summed E-state index contributed by atoms with van der Waals surface area (Å²) in [5, 5.41) is 12.7. The van der Waals surface area contributed by atoms with Gasteiger partial charge in [0.15, 0.2) is 5.76 Å². The smallest absolute Gasteiger partial charge is 0.258 e. The van der Waals surface area contributed by atoms with Gasteiger partial charge in [-0.25, -0.2) is 0 Å². The first-order valence-corrected chi connectivity index (χ1v) is 7.40. The van der Waals surface area contributed by atoms with Crippen molar-refractivity contribution in [2.45, 2.75) is 6.54 Å². The zero-order valence-electron chi connectivity index (χ0n) is 12.1.